The van der Waals surface area contributed by atoms with E-state index in [1.165, 1.54) is 0 Å². The Morgan fingerprint density at radius 1 is 1.62 bits per heavy atom. The maximum absolute atomic E-state index is 10.2. The van der Waals surface area contributed by atoms with Gasteiger partial charge in [-0.15, -0.1) is 24.0 Å². The normalized spacial score (nSPS) is 12.3. The van der Waals surface area contributed by atoms with Gasteiger partial charge in [0.05, 0.1) is 0 Å². The molecule has 0 spiro atoms. The monoisotopic (exact) mass is 229 g/mol. The second kappa shape index (κ2) is 8.60. The largest absolute Gasteiger partial charge is 0.481 e. The number of rotatable bonds is 6. The summed E-state index contributed by atoms with van der Waals surface area (Å²) in [5.74, 6) is -0.144. The fraction of sp³-hybridized carbons (Fsp3) is 0.875. The van der Waals surface area contributed by atoms with E-state index in [0.717, 1.165) is 6.54 Å². The molecule has 0 aromatic rings. The lowest BCUT2D eigenvalue weighted by molar-refractivity contribution is -0.137. The van der Waals surface area contributed by atoms with Gasteiger partial charge in [-0.2, -0.15) is 0 Å². The summed E-state index contributed by atoms with van der Waals surface area (Å²) in [4.78, 5) is 12.3. The van der Waals surface area contributed by atoms with E-state index in [2.05, 4.69) is 4.90 Å². The predicted octanol–water partition coefficient (Wildman–Crippen LogP) is 1.83. The summed E-state index contributed by atoms with van der Waals surface area (Å²) >= 11 is 5.55. The van der Waals surface area contributed by atoms with Crippen LogP contribution in [-0.2, 0) is 4.79 Å². The molecule has 1 N–H and O–H groups in total. The molecule has 0 aromatic carbocycles. The van der Waals surface area contributed by atoms with Gasteiger partial charge in [0.2, 0.25) is 0 Å². The number of alkyl halides is 1. The molecule has 0 aliphatic carbocycles. The van der Waals surface area contributed by atoms with Crippen LogP contribution >= 0.6 is 24.0 Å². The number of carboxylic acid groups (broad SMARTS) is 1. The molecule has 0 bridgehead atoms. The minimum atomic E-state index is -0.735. The van der Waals surface area contributed by atoms with Crippen molar-refractivity contribution in [1.82, 2.24) is 4.90 Å². The fourth-order valence-electron chi connectivity index (χ4n) is 0.906. The van der Waals surface area contributed by atoms with Crippen molar-refractivity contribution in [2.45, 2.75) is 25.8 Å². The Balaban J connectivity index is 0. The van der Waals surface area contributed by atoms with Gasteiger partial charge in [-0.3, -0.25) is 4.79 Å². The minimum absolute atomic E-state index is 0. The first kappa shape index (κ1) is 15.5. The molecule has 13 heavy (non-hydrogen) atoms. The summed E-state index contributed by atoms with van der Waals surface area (Å²) < 4.78 is 0. The number of aliphatic carboxylic acids is 1. The number of carbonyl (C=O) groups is 1. The summed E-state index contributed by atoms with van der Waals surface area (Å²) in [6, 6.07) is 0.292. The first-order valence-electron chi connectivity index (χ1n) is 4.06. The van der Waals surface area contributed by atoms with Crippen molar-refractivity contribution in [1.29, 1.82) is 0 Å². The molecule has 1 unspecified atom stereocenters. The van der Waals surface area contributed by atoms with Crippen LogP contribution in [0, 0.1) is 0 Å². The van der Waals surface area contributed by atoms with E-state index in [-0.39, 0.29) is 18.8 Å². The van der Waals surface area contributed by atoms with Crippen LogP contribution in [-0.4, -0.2) is 41.5 Å². The first-order chi connectivity index (χ1) is 5.57. The summed E-state index contributed by atoms with van der Waals surface area (Å²) in [7, 11) is 1.95. The molecule has 0 heterocycles. The molecule has 0 rings (SSSR count). The van der Waals surface area contributed by atoms with Gasteiger partial charge in [0.1, 0.15) is 0 Å². The Morgan fingerprint density at radius 3 is 2.54 bits per heavy atom. The fourth-order valence-corrected chi connectivity index (χ4v) is 1.17. The summed E-state index contributed by atoms with van der Waals surface area (Å²) in [6.07, 6.45) is 0.913. The Bertz CT molecular complexity index is 144. The van der Waals surface area contributed by atoms with Crippen LogP contribution in [0.5, 0.6) is 0 Å². The maximum atomic E-state index is 10.2. The van der Waals surface area contributed by atoms with Crippen LogP contribution in [0.25, 0.3) is 0 Å². The van der Waals surface area contributed by atoms with Gasteiger partial charge in [-0.25, -0.2) is 0 Å². The lowest BCUT2D eigenvalue weighted by Gasteiger charge is -2.22. The maximum Gasteiger partial charge on any atom is 0.303 e. The summed E-state index contributed by atoms with van der Waals surface area (Å²) in [6.45, 7) is 2.82. The molecule has 3 nitrogen and oxygen atoms in total. The lowest BCUT2D eigenvalue weighted by Crippen LogP contribution is -2.31. The molecular weight excluding hydrogens is 213 g/mol. The van der Waals surface area contributed by atoms with E-state index in [1.807, 2.05) is 14.0 Å². The zero-order valence-corrected chi connectivity index (χ0v) is 9.57. The predicted molar refractivity (Wildman–Crippen MR) is 56.9 cm³/mol. The molecule has 0 amide bonds. The SMILES string of the molecule is CC(CCC(=O)O)N(C)CCCl.Cl. The molecule has 0 aliphatic rings. The molecule has 0 aliphatic heterocycles. The number of nitrogens with zero attached hydrogens (tertiary/aromatic N) is 1. The third-order valence-electron chi connectivity index (χ3n) is 1.97. The number of carboxylic acids is 1. The Labute approximate surface area is 90.5 Å². The molecular formula is C8H17Cl2NO2. The average Bonchev–Trinajstić information content (AvgIpc) is 2.00. The van der Waals surface area contributed by atoms with Crippen LogP contribution in [0.2, 0.25) is 0 Å². The molecule has 1 atom stereocenters. The standard InChI is InChI=1S/C8H16ClNO2.ClH/c1-7(3-4-8(11)12)10(2)6-5-9;/h7H,3-6H2,1-2H3,(H,11,12);1H. The Morgan fingerprint density at radius 2 is 2.15 bits per heavy atom. The second-order valence-electron chi connectivity index (χ2n) is 2.95. The van der Waals surface area contributed by atoms with E-state index < -0.39 is 5.97 Å². The quantitative estimate of drug-likeness (QED) is 0.707. The number of hydrogen-bond donors (Lipinski definition) is 1. The van der Waals surface area contributed by atoms with Gasteiger partial charge < -0.3 is 10.0 Å². The molecule has 5 heteroatoms. The van der Waals surface area contributed by atoms with Crippen LogP contribution in [0.1, 0.15) is 19.8 Å². The molecule has 80 valence electrons. The van der Waals surface area contributed by atoms with Crippen molar-refractivity contribution in [3.8, 4) is 0 Å². The third-order valence-corrected chi connectivity index (χ3v) is 2.13. The van der Waals surface area contributed by atoms with Crippen molar-refractivity contribution in [2.75, 3.05) is 19.5 Å². The minimum Gasteiger partial charge on any atom is -0.481 e. The van der Waals surface area contributed by atoms with Gasteiger partial charge in [-0.05, 0) is 20.4 Å². The zero-order valence-electron chi connectivity index (χ0n) is 7.99. The van der Waals surface area contributed by atoms with E-state index in [1.54, 1.807) is 0 Å². The molecule has 0 radical (unpaired) electrons. The van der Waals surface area contributed by atoms with E-state index in [9.17, 15) is 4.79 Å². The van der Waals surface area contributed by atoms with Crippen LogP contribution < -0.4 is 0 Å². The molecule has 0 saturated heterocycles. The number of halogens is 2. The Kier molecular flexibility index (Phi) is 10.2. The van der Waals surface area contributed by atoms with Crippen LogP contribution in [0.3, 0.4) is 0 Å². The van der Waals surface area contributed by atoms with E-state index in [0.29, 0.717) is 18.3 Å². The summed E-state index contributed by atoms with van der Waals surface area (Å²) in [5.41, 5.74) is 0. The Hall–Kier alpha value is 0.01000. The third kappa shape index (κ3) is 8.34. The van der Waals surface area contributed by atoms with Crippen molar-refractivity contribution in [2.24, 2.45) is 0 Å². The van der Waals surface area contributed by atoms with Crippen molar-refractivity contribution in [3.63, 3.8) is 0 Å². The van der Waals surface area contributed by atoms with Crippen LogP contribution in [0.15, 0.2) is 0 Å². The number of hydrogen-bond acceptors (Lipinski definition) is 2. The lowest BCUT2D eigenvalue weighted by atomic mass is 10.1. The first-order valence-corrected chi connectivity index (χ1v) is 4.59. The highest BCUT2D eigenvalue weighted by atomic mass is 35.5. The topological polar surface area (TPSA) is 40.5 Å². The second-order valence-corrected chi connectivity index (χ2v) is 3.33. The van der Waals surface area contributed by atoms with Gasteiger partial charge >= 0.3 is 5.97 Å². The highest BCUT2D eigenvalue weighted by Gasteiger charge is 2.09. The smallest absolute Gasteiger partial charge is 0.303 e. The average molecular weight is 230 g/mol. The van der Waals surface area contributed by atoms with Gasteiger partial charge in [0.25, 0.3) is 0 Å². The zero-order chi connectivity index (χ0) is 9.56. The molecule has 0 saturated carbocycles. The highest BCUT2D eigenvalue weighted by Crippen LogP contribution is 2.03. The van der Waals surface area contributed by atoms with Crippen molar-refractivity contribution in [3.05, 3.63) is 0 Å². The van der Waals surface area contributed by atoms with Crippen LogP contribution in [0.4, 0.5) is 0 Å². The van der Waals surface area contributed by atoms with Gasteiger partial charge in [0, 0.05) is 24.9 Å². The van der Waals surface area contributed by atoms with E-state index in [4.69, 9.17) is 16.7 Å². The van der Waals surface area contributed by atoms with Crippen molar-refractivity contribution >= 4 is 30.0 Å². The summed E-state index contributed by atoms with van der Waals surface area (Å²) in [5, 5.41) is 8.43. The molecule has 0 aromatic heterocycles. The van der Waals surface area contributed by atoms with Gasteiger partial charge in [-0.1, -0.05) is 0 Å². The molecule has 0 fully saturated rings. The van der Waals surface area contributed by atoms with Gasteiger partial charge in [0.15, 0.2) is 0 Å². The highest BCUT2D eigenvalue weighted by molar-refractivity contribution is 6.18. The van der Waals surface area contributed by atoms with Crippen molar-refractivity contribution < 1.29 is 9.90 Å². The van der Waals surface area contributed by atoms with E-state index >= 15 is 0 Å².